The lowest BCUT2D eigenvalue weighted by molar-refractivity contribution is -0.120. The van der Waals surface area contributed by atoms with Gasteiger partial charge in [-0.2, -0.15) is 0 Å². The summed E-state index contributed by atoms with van der Waals surface area (Å²) in [7, 11) is 2.97. The third kappa shape index (κ3) is 3.78. The van der Waals surface area contributed by atoms with Crippen LogP contribution in [0.4, 0.5) is 15.8 Å². The van der Waals surface area contributed by atoms with E-state index >= 15 is 0 Å². The number of imide groups is 1. The molecule has 0 atom stereocenters. The van der Waals surface area contributed by atoms with E-state index in [-0.39, 0.29) is 22.0 Å². The first-order valence-corrected chi connectivity index (χ1v) is 9.95. The summed E-state index contributed by atoms with van der Waals surface area (Å²) in [6, 6.07) is 17.0. The molecule has 3 aromatic carbocycles. The molecular weight excluding hydrogens is 435 g/mol. The lowest BCUT2D eigenvalue weighted by Gasteiger charge is -2.17. The third-order valence-electron chi connectivity index (χ3n) is 4.98. The second kappa shape index (κ2) is 8.72. The molecule has 1 heterocycles. The van der Waals surface area contributed by atoms with E-state index in [0.717, 1.165) is 4.90 Å². The molecule has 0 unspecified atom stereocenters. The van der Waals surface area contributed by atoms with Gasteiger partial charge in [-0.15, -0.1) is 0 Å². The number of nitrogens with one attached hydrogen (secondary N) is 1. The molecule has 0 saturated heterocycles. The van der Waals surface area contributed by atoms with Gasteiger partial charge in [0.15, 0.2) is 0 Å². The van der Waals surface area contributed by atoms with Crippen molar-refractivity contribution in [2.24, 2.45) is 0 Å². The average molecular weight is 453 g/mol. The van der Waals surface area contributed by atoms with Crippen molar-refractivity contribution in [3.63, 3.8) is 0 Å². The summed E-state index contributed by atoms with van der Waals surface area (Å²) in [6.45, 7) is 0. The van der Waals surface area contributed by atoms with E-state index in [2.05, 4.69) is 5.32 Å². The summed E-state index contributed by atoms with van der Waals surface area (Å²) in [5, 5.41) is 3.28. The van der Waals surface area contributed by atoms with E-state index < -0.39 is 17.6 Å². The Labute approximate surface area is 188 Å². The Morgan fingerprint density at radius 3 is 2.22 bits per heavy atom. The molecule has 3 aromatic rings. The van der Waals surface area contributed by atoms with E-state index in [1.807, 2.05) is 0 Å². The molecule has 0 aliphatic carbocycles. The number of para-hydroxylation sites is 2. The minimum absolute atomic E-state index is 0.0399. The Morgan fingerprint density at radius 1 is 0.875 bits per heavy atom. The summed E-state index contributed by atoms with van der Waals surface area (Å²) < 4.78 is 24.0. The minimum Gasteiger partial charge on any atom is -0.495 e. The van der Waals surface area contributed by atoms with Crippen molar-refractivity contribution in [3.05, 3.63) is 88.8 Å². The molecule has 162 valence electrons. The number of rotatable bonds is 6. The molecular formula is C24H18ClFN2O4. The summed E-state index contributed by atoms with van der Waals surface area (Å²) in [6.07, 6.45) is 0. The number of halogens is 2. The molecule has 1 N–H and O–H groups in total. The van der Waals surface area contributed by atoms with Crippen LogP contribution in [0.1, 0.15) is 5.56 Å². The fourth-order valence-electron chi connectivity index (χ4n) is 3.44. The van der Waals surface area contributed by atoms with Crippen molar-refractivity contribution in [1.82, 2.24) is 0 Å². The van der Waals surface area contributed by atoms with Crippen LogP contribution in [-0.2, 0) is 9.59 Å². The zero-order valence-corrected chi connectivity index (χ0v) is 17.9. The first-order chi connectivity index (χ1) is 15.4. The SMILES string of the molecule is COc1ccc(N2C(=O)C(Nc3ccccc3OC)=C(c3ccc(F)cc3)C2=O)cc1Cl. The Hall–Kier alpha value is -3.84. The van der Waals surface area contributed by atoms with Crippen LogP contribution in [0.3, 0.4) is 0 Å². The number of hydrogen-bond acceptors (Lipinski definition) is 5. The Balaban J connectivity index is 1.83. The molecule has 6 nitrogen and oxygen atoms in total. The highest BCUT2D eigenvalue weighted by molar-refractivity contribution is 6.46. The number of carbonyl (C=O) groups excluding carboxylic acids is 2. The average Bonchev–Trinajstić information content (AvgIpc) is 3.04. The maximum absolute atomic E-state index is 13.5. The maximum Gasteiger partial charge on any atom is 0.282 e. The summed E-state index contributed by atoms with van der Waals surface area (Å²) in [5.74, 6) is -0.705. The number of anilines is 2. The normalized spacial score (nSPS) is 13.6. The molecule has 0 radical (unpaired) electrons. The lowest BCUT2D eigenvalue weighted by Crippen LogP contribution is -2.32. The van der Waals surface area contributed by atoms with Crippen LogP contribution in [0.2, 0.25) is 5.02 Å². The van der Waals surface area contributed by atoms with Crippen LogP contribution in [0.15, 0.2) is 72.4 Å². The molecule has 2 amide bonds. The summed E-state index contributed by atoms with van der Waals surface area (Å²) in [4.78, 5) is 27.9. The fraction of sp³-hybridized carbons (Fsp3) is 0.0833. The molecule has 8 heteroatoms. The van der Waals surface area contributed by atoms with Crippen molar-refractivity contribution in [1.29, 1.82) is 0 Å². The number of benzene rings is 3. The van der Waals surface area contributed by atoms with Gasteiger partial charge in [0.25, 0.3) is 11.8 Å². The van der Waals surface area contributed by atoms with Gasteiger partial charge < -0.3 is 14.8 Å². The van der Waals surface area contributed by atoms with Gasteiger partial charge in [-0.25, -0.2) is 9.29 Å². The molecule has 0 spiro atoms. The van der Waals surface area contributed by atoms with E-state index in [0.29, 0.717) is 22.7 Å². The van der Waals surface area contributed by atoms with Crippen LogP contribution in [-0.4, -0.2) is 26.0 Å². The molecule has 0 fully saturated rings. The lowest BCUT2D eigenvalue weighted by atomic mass is 10.0. The van der Waals surface area contributed by atoms with Gasteiger partial charge in [-0.05, 0) is 48.0 Å². The highest BCUT2D eigenvalue weighted by Crippen LogP contribution is 2.37. The molecule has 32 heavy (non-hydrogen) atoms. The first kappa shape index (κ1) is 21.4. The highest BCUT2D eigenvalue weighted by atomic mass is 35.5. The standard InChI is InChI=1S/C24H18ClFN2O4/c1-31-19-12-11-16(13-17(19)25)28-23(29)21(14-7-9-15(26)10-8-14)22(24(28)30)27-18-5-3-4-6-20(18)32-2/h3-13,27H,1-2H3. The minimum atomic E-state index is -0.582. The van der Waals surface area contributed by atoms with Crippen LogP contribution >= 0.6 is 11.6 Å². The Bertz CT molecular complexity index is 1240. The van der Waals surface area contributed by atoms with Crippen LogP contribution in [0.5, 0.6) is 11.5 Å². The van der Waals surface area contributed by atoms with E-state index in [1.165, 1.54) is 44.6 Å². The van der Waals surface area contributed by atoms with Crippen molar-refractivity contribution in [2.45, 2.75) is 0 Å². The van der Waals surface area contributed by atoms with Crippen molar-refractivity contribution >= 4 is 40.4 Å². The van der Waals surface area contributed by atoms with Crippen molar-refractivity contribution in [2.75, 3.05) is 24.4 Å². The largest absolute Gasteiger partial charge is 0.495 e. The van der Waals surface area contributed by atoms with Crippen LogP contribution in [0.25, 0.3) is 5.57 Å². The summed E-state index contributed by atoms with van der Waals surface area (Å²) in [5.41, 5.74) is 1.32. The fourth-order valence-corrected chi connectivity index (χ4v) is 3.69. The smallest absolute Gasteiger partial charge is 0.282 e. The van der Waals surface area contributed by atoms with Gasteiger partial charge in [0.1, 0.15) is 23.0 Å². The highest BCUT2D eigenvalue weighted by Gasteiger charge is 2.40. The molecule has 0 aromatic heterocycles. The van der Waals surface area contributed by atoms with Gasteiger partial charge in [0, 0.05) is 0 Å². The number of amides is 2. The number of nitrogens with zero attached hydrogens (tertiary/aromatic N) is 1. The van der Waals surface area contributed by atoms with Crippen LogP contribution in [0, 0.1) is 5.82 Å². The molecule has 0 saturated carbocycles. The number of hydrogen-bond donors (Lipinski definition) is 1. The van der Waals surface area contributed by atoms with Gasteiger partial charge >= 0.3 is 0 Å². The number of ether oxygens (including phenoxy) is 2. The van der Waals surface area contributed by atoms with Gasteiger partial charge in [-0.1, -0.05) is 35.9 Å². The van der Waals surface area contributed by atoms with Gasteiger partial charge in [-0.3, -0.25) is 9.59 Å². The summed E-state index contributed by atoms with van der Waals surface area (Å²) >= 11 is 6.22. The zero-order valence-electron chi connectivity index (χ0n) is 17.2. The second-order valence-electron chi connectivity index (χ2n) is 6.85. The van der Waals surface area contributed by atoms with Crippen molar-refractivity contribution < 1.29 is 23.5 Å². The first-order valence-electron chi connectivity index (χ1n) is 9.57. The van der Waals surface area contributed by atoms with E-state index in [1.54, 1.807) is 36.4 Å². The molecule has 4 rings (SSSR count). The topological polar surface area (TPSA) is 67.9 Å². The second-order valence-corrected chi connectivity index (χ2v) is 7.25. The Morgan fingerprint density at radius 2 is 1.56 bits per heavy atom. The maximum atomic E-state index is 13.5. The predicted octanol–water partition coefficient (Wildman–Crippen LogP) is 4.89. The zero-order chi connectivity index (χ0) is 22.8. The van der Waals surface area contributed by atoms with E-state index in [4.69, 9.17) is 21.1 Å². The Kier molecular flexibility index (Phi) is 5.83. The van der Waals surface area contributed by atoms with Gasteiger partial charge in [0.2, 0.25) is 0 Å². The predicted molar refractivity (Wildman–Crippen MR) is 120 cm³/mol. The molecule has 1 aliphatic rings. The quantitative estimate of drug-likeness (QED) is 0.539. The monoisotopic (exact) mass is 452 g/mol. The third-order valence-corrected chi connectivity index (χ3v) is 5.27. The number of carbonyl (C=O) groups is 2. The van der Waals surface area contributed by atoms with Gasteiger partial charge in [0.05, 0.1) is 36.2 Å². The molecule has 1 aliphatic heterocycles. The number of methoxy groups -OCH3 is 2. The van der Waals surface area contributed by atoms with Crippen molar-refractivity contribution in [3.8, 4) is 11.5 Å². The molecule has 0 bridgehead atoms. The van der Waals surface area contributed by atoms with E-state index in [9.17, 15) is 14.0 Å². The van der Waals surface area contributed by atoms with Crippen LogP contribution < -0.4 is 19.7 Å².